The molecule has 0 aliphatic carbocycles. The van der Waals surface area contributed by atoms with Gasteiger partial charge in [0, 0.05) is 0 Å². The third-order valence-corrected chi connectivity index (χ3v) is 6.47. The van der Waals surface area contributed by atoms with Crippen LogP contribution in [-0.4, -0.2) is 36.5 Å². The molecule has 6 nitrogen and oxygen atoms in total. The van der Waals surface area contributed by atoms with Gasteiger partial charge in [0.1, 0.15) is 0 Å². The number of halogens is 1. The van der Waals surface area contributed by atoms with Crippen LogP contribution in [0.2, 0.25) is 0 Å². The number of carbonyl (C=O) groups is 2. The Balaban J connectivity index is 1.92. The second kappa shape index (κ2) is 10.5. The summed E-state index contributed by atoms with van der Waals surface area (Å²) in [6.07, 6.45) is 1.76. The van der Waals surface area contributed by atoms with Crippen molar-refractivity contribution in [2.24, 2.45) is 0 Å². The van der Waals surface area contributed by atoms with Crippen molar-refractivity contribution in [1.82, 2.24) is 0 Å². The van der Waals surface area contributed by atoms with Crippen LogP contribution in [0.5, 0.6) is 11.5 Å². The van der Waals surface area contributed by atoms with Crippen molar-refractivity contribution in [3.63, 3.8) is 0 Å². The lowest BCUT2D eigenvalue weighted by Crippen LogP contribution is -2.28. The molecule has 1 fully saturated rings. The lowest BCUT2D eigenvalue weighted by molar-refractivity contribution is -0.142. The number of hydrogen-bond acceptors (Lipinski definition) is 7. The second-order valence-electron chi connectivity index (χ2n) is 6.93. The van der Waals surface area contributed by atoms with Gasteiger partial charge in [0.05, 0.1) is 28.8 Å². The highest BCUT2D eigenvalue weighted by atomic mass is 79.9. The fourth-order valence-electron chi connectivity index (χ4n) is 3.15. The molecule has 2 aromatic rings. The predicted molar refractivity (Wildman–Crippen MR) is 134 cm³/mol. The highest BCUT2D eigenvalue weighted by Crippen LogP contribution is 2.41. The van der Waals surface area contributed by atoms with Gasteiger partial charge < -0.3 is 14.2 Å². The van der Waals surface area contributed by atoms with E-state index >= 15 is 0 Å². The Morgan fingerprint density at radius 3 is 2.62 bits per heavy atom. The standard InChI is InChI=1S/C23H22BrNO5S2/c1-5-29-18-10-15(9-16(24)21(18)30-12-20(26)28-4)11-19-22(27)25(23(31)32-19)17-7-6-13(2)8-14(17)3/h6-11H,5,12H2,1-4H3/b19-11+. The molecule has 1 heterocycles. The lowest BCUT2D eigenvalue weighted by Gasteiger charge is -2.17. The molecule has 0 N–H and O–H groups in total. The third kappa shape index (κ3) is 5.33. The van der Waals surface area contributed by atoms with Gasteiger partial charge in [-0.25, -0.2) is 4.79 Å². The zero-order chi connectivity index (χ0) is 23.4. The normalized spacial score (nSPS) is 14.8. The first kappa shape index (κ1) is 24.3. The molecule has 0 atom stereocenters. The largest absolute Gasteiger partial charge is 0.490 e. The number of nitrogens with zero attached hydrogens (tertiary/aromatic N) is 1. The first-order chi connectivity index (χ1) is 15.2. The van der Waals surface area contributed by atoms with Crippen molar-refractivity contribution >= 4 is 67.9 Å². The molecular formula is C23H22BrNO5S2. The minimum absolute atomic E-state index is 0.174. The first-order valence-electron chi connectivity index (χ1n) is 9.76. The van der Waals surface area contributed by atoms with E-state index in [2.05, 4.69) is 20.7 Å². The van der Waals surface area contributed by atoms with Gasteiger partial charge in [-0.2, -0.15) is 0 Å². The Labute approximate surface area is 205 Å². The van der Waals surface area contributed by atoms with E-state index in [-0.39, 0.29) is 12.5 Å². The van der Waals surface area contributed by atoms with Crippen molar-refractivity contribution in [1.29, 1.82) is 0 Å². The van der Waals surface area contributed by atoms with Crippen molar-refractivity contribution in [3.05, 3.63) is 56.4 Å². The van der Waals surface area contributed by atoms with E-state index in [1.165, 1.54) is 18.9 Å². The monoisotopic (exact) mass is 535 g/mol. The van der Waals surface area contributed by atoms with Crippen LogP contribution in [0, 0.1) is 13.8 Å². The predicted octanol–water partition coefficient (Wildman–Crippen LogP) is 5.42. The van der Waals surface area contributed by atoms with Crippen LogP contribution in [0.15, 0.2) is 39.7 Å². The fraction of sp³-hybridized carbons (Fsp3) is 0.261. The van der Waals surface area contributed by atoms with Crippen molar-refractivity contribution in [2.45, 2.75) is 20.8 Å². The van der Waals surface area contributed by atoms with Crippen LogP contribution in [0.4, 0.5) is 5.69 Å². The Morgan fingerprint density at radius 1 is 1.22 bits per heavy atom. The number of thioether (sulfide) groups is 1. The number of carbonyl (C=O) groups excluding carboxylic acids is 2. The van der Waals surface area contributed by atoms with E-state index in [1.807, 2.05) is 39.0 Å². The highest BCUT2D eigenvalue weighted by molar-refractivity contribution is 9.10. The van der Waals surface area contributed by atoms with Gasteiger partial charge in [0.25, 0.3) is 5.91 Å². The summed E-state index contributed by atoms with van der Waals surface area (Å²) in [4.78, 5) is 26.7. The summed E-state index contributed by atoms with van der Waals surface area (Å²) < 4.78 is 16.9. The molecule has 2 aromatic carbocycles. The molecule has 168 valence electrons. The van der Waals surface area contributed by atoms with E-state index < -0.39 is 5.97 Å². The SMILES string of the molecule is CCOc1cc(/C=C2/SC(=S)N(c3ccc(C)cc3C)C2=O)cc(Br)c1OCC(=O)OC. The molecule has 1 amide bonds. The zero-order valence-electron chi connectivity index (χ0n) is 18.1. The maximum atomic E-state index is 13.2. The molecule has 1 saturated heterocycles. The number of amides is 1. The average molecular weight is 536 g/mol. The highest BCUT2D eigenvalue weighted by Gasteiger charge is 2.34. The Bertz CT molecular complexity index is 1120. The molecule has 1 aliphatic heterocycles. The summed E-state index contributed by atoms with van der Waals surface area (Å²) in [6, 6.07) is 9.44. The topological polar surface area (TPSA) is 65.1 Å². The second-order valence-corrected chi connectivity index (χ2v) is 9.46. The van der Waals surface area contributed by atoms with Crippen LogP contribution in [0.25, 0.3) is 6.08 Å². The zero-order valence-corrected chi connectivity index (χ0v) is 21.3. The van der Waals surface area contributed by atoms with Gasteiger partial charge in [-0.3, -0.25) is 9.69 Å². The number of aryl methyl sites for hydroxylation is 2. The van der Waals surface area contributed by atoms with E-state index in [9.17, 15) is 9.59 Å². The molecular weight excluding hydrogens is 514 g/mol. The van der Waals surface area contributed by atoms with Crippen LogP contribution in [-0.2, 0) is 14.3 Å². The van der Waals surface area contributed by atoms with Crippen LogP contribution >= 0.6 is 39.9 Å². The minimum atomic E-state index is -0.501. The molecule has 0 spiro atoms. The van der Waals surface area contributed by atoms with Gasteiger partial charge in [0.2, 0.25) is 0 Å². The van der Waals surface area contributed by atoms with Crippen molar-refractivity contribution in [3.8, 4) is 11.5 Å². The molecule has 0 aromatic heterocycles. The Morgan fingerprint density at radius 2 is 1.97 bits per heavy atom. The summed E-state index contributed by atoms with van der Waals surface area (Å²) in [6.45, 7) is 5.97. The number of ether oxygens (including phenoxy) is 3. The average Bonchev–Trinajstić information content (AvgIpc) is 3.00. The van der Waals surface area contributed by atoms with Gasteiger partial charge >= 0.3 is 5.97 Å². The summed E-state index contributed by atoms with van der Waals surface area (Å²) in [5, 5.41) is 0. The quantitative estimate of drug-likeness (QED) is 0.266. The number of benzene rings is 2. The molecule has 0 radical (unpaired) electrons. The van der Waals surface area contributed by atoms with Crippen LogP contribution < -0.4 is 14.4 Å². The summed E-state index contributed by atoms with van der Waals surface area (Å²) >= 11 is 10.2. The third-order valence-electron chi connectivity index (χ3n) is 4.58. The smallest absolute Gasteiger partial charge is 0.343 e. The van der Waals surface area contributed by atoms with Gasteiger partial charge in [-0.05, 0) is 72.1 Å². The maximum Gasteiger partial charge on any atom is 0.343 e. The molecule has 9 heteroatoms. The van der Waals surface area contributed by atoms with E-state index in [4.69, 9.17) is 21.7 Å². The number of rotatable bonds is 7. The molecule has 0 unspecified atom stereocenters. The maximum absolute atomic E-state index is 13.2. The van der Waals surface area contributed by atoms with Crippen molar-refractivity contribution in [2.75, 3.05) is 25.2 Å². The number of thiocarbonyl (C=S) groups is 1. The van der Waals surface area contributed by atoms with Crippen LogP contribution in [0.3, 0.4) is 0 Å². The first-order valence-corrected chi connectivity index (χ1v) is 11.8. The van der Waals surface area contributed by atoms with E-state index in [0.29, 0.717) is 31.8 Å². The van der Waals surface area contributed by atoms with Gasteiger partial charge in [-0.1, -0.05) is 41.7 Å². The lowest BCUT2D eigenvalue weighted by atomic mass is 10.1. The molecule has 3 rings (SSSR count). The molecule has 0 saturated carbocycles. The Hall–Kier alpha value is -2.36. The number of hydrogen-bond donors (Lipinski definition) is 0. The number of methoxy groups -OCH3 is 1. The minimum Gasteiger partial charge on any atom is -0.490 e. The number of anilines is 1. The Kier molecular flexibility index (Phi) is 7.97. The van der Waals surface area contributed by atoms with Gasteiger partial charge in [0.15, 0.2) is 22.4 Å². The van der Waals surface area contributed by atoms with Crippen LogP contribution in [0.1, 0.15) is 23.6 Å². The fourth-order valence-corrected chi connectivity index (χ4v) is 5.01. The van der Waals surface area contributed by atoms with Gasteiger partial charge in [-0.15, -0.1) is 0 Å². The summed E-state index contributed by atoms with van der Waals surface area (Å²) in [7, 11) is 1.29. The molecule has 1 aliphatic rings. The van der Waals surface area contributed by atoms with E-state index in [1.54, 1.807) is 23.1 Å². The number of esters is 1. The van der Waals surface area contributed by atoms with E-state index in [0.717, 1.165) is 22.4 Å². The summed E-state index contributed by atoms with van der Waals surface area (Å²) in [5.74, 6) is 0.157. The van der Waals surface area contributed by atoms with Crippen molar-refractivity contribution < 1.29 is 23.8 Å². The molecule has 0 bridgehead atoms. The molecule has 32 heavy (non-hydrogen) atoms. The summed E-state index contributed by atoms with van der Waals surface area (Å²) in [5.41, 5.74) is 3.61.